The lowest BCUT2D eigenvalue weighted by atomic mass is 10.2. The van der Waals surface area contributed by atoms with Crippen molar-refractivity contribution in [1.29, 1.82) is 0 Å². The molecule has 0 unspecified atom stereocenters. The van der Waals surface area contributed by atoms with Gasteiger partial charge in [0.05, 0.1) is 11.9 Å². The molecule has 0 atom stereocenters. The van der Waals surface area contributed by atoms with Crippen LogP contribution < -0.4 is 10.1 Å². The van der Waals surface area contributed by atoms with Crippen LogP contribution in [-0.4, -0.2) is 22.7 Å². The summed E-state index contributed by atoms with van der Waals surface area (Å²) in [5.41, 5.74) is 1.03. The van der Waals surface area contributed by atoms with Gasteiger partial charge in [-0.1, -0.05) is 18.2 Å². The van der Waals surface area contributed by atoms with Gasteiger partial charge in [-0.25, -0.2) is 0 Å². The second-order valence-corrected chi connectivity index (χ2v) is 6.93. The third kappa shape index (κ3) is 4.99. The lowest BCUT2D eigenvalue weighted by Gasteiger charge is -2.16. The first-order chi connectivity index (χ1) is 11.8. The SMILES string of the molecule is O=C(CSc1ccncc1)NCc1ccccc1OC1CCCC1. The molecule has 1 amide bonds. The molecular weight excluding hydrogens is 320 g/mol. The van der Waals surface area contributed by atoms with Gasteiger partial charge < -0.3 is 10.1 Å². The van der Waals surface area contributed by atoms with Crippen LogP contribution in [0.25, 0.3) is 0 Å². The van der Waals surface area contributed by atoms with Gasteiger partial charge in [-0.3, -0.25) is 9.78 Å². The lowest BCUT2D eigenvalue weighted by molar-refractivity contribution is -0.118. The number of ether oxygens (including phenoxy) is 1. The zero-order chi connectivity index (χ0) is 16.6. The predicted molar refractivity (Wildman–Crippen MR) is 96.1 cm³/mol. The van der Waals surface area contributed by atoms with Crippen molar-refractivity contribution in [2.45, 2.75) is 43.2 Å². The number of para-hydroxylation sites is 1. The van der Waals surface area contributed by atoms with Gasteiger partial charge in [0.15, 0.2) is 0 Å². The van der Waals surface area contributed by atoms with E-state index in [1.807, 2.05) is 36.4 Å². The van der Waals surface area contributed by atoms with Crippen LogP contribution >= 0.6 is 11.8 Å². The number of nitrogens with one attached hydrogen (secondary N) is 1. The fraction of sp³-hybridized carbons (Fsp3) is 0.368. The highest BCUT2D eigenvalue weighted by molar-refractivity contribution is 8.00. The standard InChI is InChI=1S/C19H22N2O2S/c22-19(14-24-17-9-11-20-12-10-17)21-13-15-5-1-4-8-18(15)23-16-6-2-3-7-16/h1,4-5,8-12,16H,2-3,6-7,13-14H2,(H,21,22). The first-order valence-corrected chi connectivity index (χ1v) is 9.34. The van der Waals surface area contributed by atoms with Crippen LogP contribution in [0.15, 0.2) is 53.7 Å². The third-order valence-corrected chi connectivity index (χ3v) is 5.08. The minimum absolute atomic E-state index is 0.0208. The molecule has 3 rings (SSSR count). The van der Waals surface area contributed by atoms with Gasteiger partial charge in [-0.2, -0.15) is 0 Å². The molecule has 1 saturated carbocycles. The molecule has 4 nitrogen and oxygen atoms in total. The minimum atomic E-state index is 0.0208. The van der Waals surface area contributed by atoms with E-state index in [0.717, 1.165) is 29.1 Å². The number of nitrogens with zero attached hydrogens (tertiary/aromatic N) is 1. The topological polar surface area (TPSA) is 51.2 Å². The van der Waals surface area contributed by atoms with Gasteiger partial charge >= 0.3 is 0 Å². The molecule has 1 N–H and O–H groups in total. The molecule has 1 fully saturated rings. The Morgan fingerprint density at radius 2 is 1.92 bits per heavy atom. The van der Waals surface area contributed by atoms with E-state index in [2.05, 4.69) is 10.3 Å². The normalized spacial score (nSPS) is 14.5. The van der Waals surface area contributed by atoms with Crippen molar-refractivity contribution >= 4 is 17.7 Å². The second-order valence-electron chi connectivity index (χ2n) is 5.88. The van der Waals surface area contributed by atoms with Crippen molar-refractivity contribution in [1.82, 2.24) is 10.3 Å². The van der Waals surface area contributed by atoms with Gasteiger partial charge in [0.25, 0.3) is 0 Å². The van der Waals surface area contributed by atoms with Crippen molar-refractivity contribution in [2.75, 3.05) is 5.75 Å². The molecule has 1 aromatic heterocycles. The van der Waals surface area contributed by atoms with Crippen molar-refractivity contribution in [2.24, 2.45) is 0 Å². The molecule has 1 aromatic carbocycles. The maximum Gasteiger partial charge on any atom is 0.230 e. The van der Waals surface area contributed by atoms with Gasteiger partial charge in [0.2, 0.25) is 5.91 Å². The van der Waals surface area contributed by atoms with Crippen LogP contribution in [0.4, 0.5) is 0 Å². The van der Waals surface area contributed by atoms with Gasteiger partial charge in [0.1, 0.15) is 5.75 Å². The highest BCUT2D eigenvalue weighted by atomic mass is 32.2. The Hall–Kier alpha value is -2.01. The number of amides is 1. The monoisotopic (exact) mass is 342 g/mol. The Bertz CT molecular complexity index is 657. The van der Waals surface area contributed by atoms with E-state index in [1.54, 1.807) is 12.4 Å². The molecule has 1 aliphatic rings. The number of hydrogen-bond acceptors (Lipinski definition) is 4. The van der Waals surface area contributed by atoms with E-state index in [0.29, 0.717) is 18.4 Å². The van der Waals surface area contributed by atoms with E-state index >= 15 is 0 Å². The molecule has 1 aliphatic carbocycles. The van der Waals surface area contributed by atoms with Crippen LogP contribution in [0.1, 0.15) is 31.2 Å². The molecule has 0 bridgehead atoms. The van der Waals surface area contributed by atoms with Crippen LogP contribution in [0, 0.1) is 0 Å². The number of thioether (sulfide) groups is 1. The summed E-state index contributed by atoms with van der Waals surface area (Å²) in [6.45, 7) is 0.499. The molecule has 5 heteroatoms. The molecule has 0 spiro atoms. The Balaban J connectivity index is 1.49. The number of benzene rings is 1. The number of carbonyl (C=O) groups excluding carboxylic acids is 1. The smallest absolute Gasteiger partial charge is 0.230 e. The maximum absolute atomic E-state index is 12.1. The van der Waals surface area contributed by atoms with Crippen LogP contribution in [0.3, 0.4) is 0 Å². The molecule has 126 valence electrons. The molecule has 0 radical (unpaired) electrons. The fourth-order valence-corrected chi connectivity index (χ4v) is 3.49. The summed E-state index contributed by atoms with van der Waals surface area (Å²) in [7, 11) is 0. The first-order valence-electron chi connectivity index (χ1n) is 8.35. The predicted octanol–water partition coefficient (Wildman–Crippen LogP) is 3.81. The van der Waals surface area contributed by atoms with E-state index in [-0.39, 0.29) is 5.91 Å². The van der Waals surface area contributed by atoms with Crippen LogP contribution in [0.2, 0.25) is 0 Å². The highest BCUT2D eigenvalue weighted by Gasteiger charge is 2.17. The first kappa shape index (κ1) is 16.8. The Labute approximate surface area is 147 Å². The molecular formula is C19H22N2O2S. The average molecular weight is 342 g/mol. The zero-order valence-corrected chi connectivity index (χ0v) is 14.4. The molecule has 0 aliphatic heterocycles. The quantitative estimate of drug-likeness (QED) is 0.778. The summed E-state index contributed by atoms with van der Waals surface area (Å²) < 4.78 is 6.10. The van der Waals surface area contributed by atoms with Crippen molar-refractivity contribution in [3.63, 3.8) is 0 Å². The number of hydrogen-bond donors (Lipinski definition) is 1. The molecule has 24 heavy (non-hydrogen) atoms. The van der Waals surface area contributed by atoms with Gasteiger partial charge in [-0.15, -0.1) is 11.8 Å². The van der Waals surface area contributed by atoms with E-state index < -0.39 is 0 Å². The minimum Gasteiger partial charge on any atom is -0.490 e. The van der Waals surface area contributed by atoms with E-state index in [1.165, 1.54) is 24.6 Å². The average Bonchev–Trinajstić information content (AvgIpc) is 3.13. The summed E-state index contributed by atoms with van der Waals surface area (Å²) in [5, 5.41) is 2.98. The zero-order valence-electron chi connectivity index (χ0n) is 13.6. The van der Waals surface area contributed by atoms with Crippen molar-refractivity contribution in [3.8, 4) is 5.75 Å². The summed E-state index contributed by atoms with van der Waals surface area (Å²) in [6.07, 6.45) is 8.54. The summed E-state index contributed by atoms with van der Waals surface area (Å²) in [5.74, 6) is 1.31. The fourth-order valence-electron chi connectivity index (χ4n) is 2.78. The largest absolute Gasteiger partial charge is 0.490 e. The third-order valence-electron chi connectivity index (χ3n) is 4.06. The number of aromatic nitrogens is 1. The van der Waals surface area contributed by atoms with Gasteiger partial charge in [0, 0.05) is 29.4 Å². The summed E-state index contributed by atoms with van der Waals surface area (Å²) in [4.78, 5) is 17.1. The maximum atomic E-state index is 12.1. The number of pyridine rings is 1. The Morgan fingerprint density at radius 3 is 2.71 bits per heavy atom. The van der Waals surface area contributed by atoms with Crippen LogP contribution in [0.5, 0.6) is 5.75 Å². The van der Waals surface area contributed by atoms with E-state index in [9.17, 15) is 4.79 Å². The Morgan fingerprint density at radius 1 is 1.17 bits per heavy atom. The number of rotatable bonds is 7. The summed E-state index contributed by atoms with van der Waals surface area (Å²) in [6, 6.07) is 11.8. The number of carbonyl (C=O) groups is 1. The lowest BCUT2D eigenvalue weighted by Crippen LogP contribution is -2.25. The van der Waals surface area contributed by atoms with Crippen LogP contribution in [-0.2, 0) is 11.3 Å². The highest BCUT2D eigenvalue weighted by Crippen LogP contribution is 2.26. The van der Waals surface area contributed by atoms with E-state index in [4.69, 9.17) is 4.74 Å². The molecule has 2 aromatic rings. The molecule has 0 saturated heterocycles. The van der Waals surface area contributed by atoms with Gasteiger partial charge in [-0.05, 0) is 43.9 Å². The second kappa shape index (κ2) is 8.73. The van der Waals surface area contributed by atoms with Crippen molar-refractivity contribution < 1.29 is 9.53 Å². The molecule has 1 heterocycles. The van der Waals surface area contributed by atoms with Crippen molar-refractivity contribution in [3.05, 3.63) is 54.4 Å². The Kier molecular flexibility index (Phi) is 6.13. The summed E-state index contributed by atoms with van der Waals surface area (Å²) >= 11 is 1.51.